The maximum Gasteiger partial charge on any atom is 0.192 e. The third kappa shape index (κ3) is 3.74. The third-order valence-corrected chi connectivity index (χ3v) is 6.21. The van der Waals surface area contributed by atoms with Crippen LogP contribution in [0.2, 0.25) is 0 Å². The van der Waals surface area contributed by atoms with Crippen LogP contribution in [-0.4, -0.2) is 26.3 Å². The molecule has 0 radical (unpaired) electrons. The first-order valence-electron chi connectivity index (χ1n) is 9.98. The molecule has 32 heavy (non-hydrogen) atoms. The lowest BCUT2D eigenvalue weighted by atomic mass is 10.2. The Kier molecular flexibility index (Phi) is 5.40. The van der Waals surface area contributed by atoms with Gasteiger partial charge in [0.2, 0.25) is 0 Å². The second-order valence-corrected chi connectivity index (χ2v) is 8.07. The van der Waals surface area contributed by atoms with Crippen molar-refractivity contribution in [3.8, 4) is 23.2 Å². The molecule has 0 aliphatic heterocycles. The van der Waals surface area contributed by atoms with Gasteiger partial charge >= 0.3 is 0 Å². The standard InChI is InChI=1S/C24H19N5O2S/c1-30-19-9-7-17(8-10-19)23-26-27-24(29(23)15-20-5-4-12-31-20)32-16-18-14-28-11-3-2-6-22(28)21(18)13-25/h2-12,14H,15-16H2,1H3. The SMILES string of the molecule is COc1ccc(-c2nnc(SCc3cn4ccccc4c3C#N)n2Cc2ccco2)cc1. The number of thioether (sulfide) groups is 1. The molecule has 0 spiro atoms. The molecule has 4 heterocycles. The summed E-state index contributed by atoms with van der Waals surface area (Å²) in [4.78, 5) is 0. The Morgan fingerprint density at radius 2 is 1.97 bits per heavy atom. The van der Waals surface area contributed by atoms with Crippen LogP contribution in [0.4, 0.5) is 0 Å². The molecule has 0 saturated carbocycles. The second-order valence-electron chi connectivity index (χ2n) is 7.12. The Morgan fingerprint density at radius 1 is 1.09 bits per heavy atom. The predicted molar refractivity (Wildman–Crippen MR) is 121 cm³/mol. The molecule has 0 aliphatic carbocycles. The minimum Gasteiger partial charge on any atom is -0.497 e. The number of nitrogens with zero attached hydrogens (tertiary/aromatic N) is 5. The molecule has 5 rings (SSSR count). The van der Waals surface area contributed by atoms with Gasteiger partial charge in [0.25, 0.3) is 0 Å². The van der Waals surface area contributed by atoms with Gasteiger partial charge in [-0.15, -0.1) is 10.2 Å². The first-order chi connectivity index (χ1) is 15.8. The molecular weight excluding hydrogens is 422 g/mol. The number of pyridine rings is 1. The van der Waals surface area contributed by atoms with E-state index in [9.17, 15) is 5.26 Å². The van der Waals surface area contributed by atoms with Crippen molar-refractivity contribution in [3.63, 3.8) is 0 Å². The van der Waals surface area contributed by atoms with E-state index in [1.54, 1.807) is 25.1 Å². The summed E-state index contributed by atoms with van der Waals surface area (Å²) in [7, 11) is 1.64. The average Bonchev–Trinajstić information content (AvgIpc) is 3.57. The lowest BCUT2D eigenvalue weighted by Crippen LogP contribution is -2.03. The minimum atomic E-state index is 0.506. The summed E-state index contributed by atoms with van der Waals surface area (Å²) in [5.74, 6) is 2.94. The van der Waals surface area contributed by atoms with Crippen molar-refractivity contribution >= 4 is 17.3 Å². The fraction of sp³-hybridized carbons (Fsp3) is 0.125. The van der Waals surface area contributed by atoms with Gasteiger partial charge in [-0.25, -0.2) is 0 Å². The van der Waals surface area contributed by atoms with Gasteiger partial charge in [-0.05, 0) is 54.1 Å². The van der Waals surface area contributed by atoms with Crippen LogP contribution in [0.5, 0.6) is 5.75 Å². The lowest BCUT2D eigenvalue weighted by Gasteiger charge is -2.09. The summed E-state index contributed by atoms with van der Waals surface area (Å²) in [6, 6.07) is 19.7. The van der Waals surface area contributed by atoms with Crippen LogP contribution in [0.3, 0.4) is 0 Å². The molecule has 0 fully saturated rings. The molecule has 0 atom stereocenters. The number of aromatic nitrogens is 4. The van der Waals surface area contributed by atoms with E-state index in [1.165, 1.54) is 0 Å². The van der Waals surface area contributed by atoms with E-state index in [0.29, 0.717) is 17.9 Å². The summed E-state index contributed by atoms with van der Waals surface area (Å²) in [6.45, 7) is 0.506. The fourth-order valence-corrected chi connectivity index (χ4v) is 4.52. The number of fused-ring (bicyclic) bond motifs is 1. The van der Waals surface area contributed by atoms with E-state index >= 15 is 0 Å². The molecule has 7 nitrogen and oxygen atoms in total. The van der Waals surface area contributed by atoms with Crippen molar-refractivity contribution < 1.29 is 9.15 Å². The predicted octanol–water partition coefficient (Wildman–Crippen LogP) is 5.01. The van der Waals surface area contributed by atoms with Gasteiger partial charge in [-0.3, -0.25) is 4.57 Å². The lowest BCUT2D eigenvalue weighted by molar-refractivity contribution is 0.415. The van der Waals surface area contributed by atoms with E-state index < -0.39 is 0 Å². The van der Waals surface area contributed by atoms with E-state index in [1.807, 2.05) is 76.0 Å². The van der Waals surface area contributed by atoms with Gasteiger partial charge in [0.1, 0.15) is 17.6 Å². The van der Waals surface area contributed by atoms with Gasteiger partial charge in [0, 0.05) is 23.7 Å². The van der Waals surface area contributed by atoms with E-state index in [2.05, 4.69) is 16.3 Å². The van der Waals surface area contributed by atoms with Crippen molar-refractivity contribution in [2.75, 3.05) is 7.11 Å². The molecule has 0 bridgehead atoms. The Balaban J connectivity index is 1.48. The number of hydrogen-bond donors (Lipinski definition) is 0. The molecule has 0 aliphatic rings. The molecule has 158 valence electrons. The first-order valence-corrected chi connectivity index (χ1v) is 11.0. The summed E-state index contributed by atoms with van der Waals surface area (Å²) in [5, 5.41) is 19.4. The van der Waals surface area contributed by atoms with Crippen LogP contribution >= 0.6 is 11.8 Å². The van der Waals surface area contributed by atoms with Gasteiger partial charge in [0.15, 0.2) is 11.0 Å². The van der Waals surface area contributed by atoms with E-state index in [0.717, 1.165) is 39.1 Å². The van der Waals surface area contributed by atoms with Crippen LogP contribution in [0, 0.1) is 11.3 Å². The number of ether oxygens (including phenoxy) is 1. The number of nitriles is 1. The van der Waals surface area contributed by atoms with Crippen LogP contribution in [-0.2, 0) is 12.3 Å². The first kappa shape index (κ1) is 20.0. The number of methoxy groups -OCH3 is 1. The Hall–Kier alpha value is -3.96. The molecule has 0 N–H and O–H groups in total. The number of hydrogen-bond acceptors (Lipinski definition) is 6. The monoisotopic (exact) mass is 441 g/mol. The molecule has 4 aromatic heterocycles. The molecule has 1 aromatic carbocycles. The fourth-order valence-electron chi connectivity index (χ4n) is 3.61. The van der Waals surface area contributed by atoms with Crippen LogP contribution < -0.4 is 4.74 Å². The third-order valence-electron chi connectivity index (χ3n) is 5.19. The van der Waals surface area contributed by atoms with Crippen LogP contribution in [0.25, 0.3) is 16.9 Å². The zero-order valence-electron chi connectivity index (χ0n) is 17.3. The zero-order chi connectivity index (χ0) is 21.9. The number of benzene rings is 1. The zero-order valence-corrected chi connectivity index (χ0v) is 18.1. The topological polar surface area (TPSA) is 81.3 Å². The Morgan fingerprint density at radius 3 is 2.72 bits per heavy atom. The summed E-state index contributed by atoms with van der Waals surface area (Å²) in [6.07, 6.45) is 5.61. The molecule has 8 heteroatoms. The number of rotatable bonds is 7. The largest absolute Gasteiger partial charge is 0.497 e. The Bertz CT molecular complexity index is 1390. The van der Waals surface area contributed by atoms with Gasteiger partial charge in [-0.2, -0.15) is 5.26 Å². The van der Waals surface area contributed by atoms with Crippen LogP contribution in [0.1, 0.15) is 16.9 Å². The summed E-state index contributed by atoms with van der Waals surface area (Å²) in [5.41, 5.74) is 3.48. The van der Waals surface area contributed by atoms with Gasteiger partial charge < -0.3 is 13.6 Å². The smallest absolute Gasteiger partial charge is 0.192 e. The van der Waals surface area contributed by atoms with Crippen molar-refractivity contribution in [1.29, 1.82) is 5.26 Å². The van der Waals surface area contributed by atoms with E-state index in [4.69, 9.17) is 9.15 Å². The molecular formula is C24H19N5O2S. The number of furan rings is 1. The highest BCUT2D eigenvalue weighted by Crippen LogP contribution is 2.30. The second kappa shape index (κ2) is 8.65. The van der Waals surface area contributed by atoms with Crippen molar-refractivity contribution in [2.45, 2.75) is 17.5 Å². The van der Waals surface area contributed by atoms with E-state index in [-0.39, 0.29) is 0 Å². The van der Waals surface area contributed by atoms with Crippen molar-refractivity contribution in [1.82, 2.24) is 19.2 Å². The average molecular weight is 442 g/mol. The maximum absolute atomic E-state index is 9.70. The highest BCUT2D eigenvalue weighted by atomic mass is 32.2. The normalized spacial score (nSPS) is 11.0. The van der Waals surface area contributed by atoms with Gasteiger partial charge in [0.05, 0.1) is 31.0 Å². The maximum atomic E-state index is 9.70. The highest BCUT2D eigenvalue weighted by Gasteiger charge is 2.18. The van der Waals surface area contributed by atoms with Crippen molar-refractivity contribution in [3.05, 3.63) is 90.1 Å². The molecule has 5 aromatic rings. The Labute approximate surface area is 188 Å². The molecule has 0 amide bonds. The molecule has 0 unspecified atom stereocenters. The quantitative estimate of drug-likeness (QED) is 0.330. The molecule has 0 saturated heterocycles. The van der Waals surface area contributed by atoms with Gasteiger partial charge in [-0.1, -0.05) is 17.8 Å². The summed E-state index contributed by atoms with van der Waals surface area (Å²) >= 11 is 1.55. The summed E-state index contributed by atoms with van der Waals surface area (Å²) < 4.78 is 14.9. The minimum absolute atomic E-state index is 0.506. The van der Waals surface area contributed by atoms with Crippen LogP contribution in [0.15, 0.2) is 82.8 Å². The van der Waals surface area contributed by atoms with Crippen molar-refractivity contribution in [2.24, 2.45) is 0 Å². The highest BCUT2D eigenvalue weighted by molar-refractivity contribution is 7.98.